The first kappa shape index (κ1) is 21.9. The van der Waals surface area contributed by atoms with Crippen LogP contribution in [-0.4, -0.2) is 35.4 Å². The van der Waals surface area contributed by atoms with Crippen molar-refractivity contribution in [2.45, 2.75) is 39.4 Å². The number of benzene rings is 2. The Labute approximate surface area is 173 Å². The maximum atomic E-state index is 14.1. The Kier molecular flexibility index (Phi) is 7.99. The maximum Gasteiger partial charge on any atom is 0.261 e. The predicted molar refractivity (Wildman–Crippen MR) is 109 cm³/mol. The van der Waals surface area contributed by atoms with Crippen LogP contribution in [0.25, 0.3) is 0 Å². The monoisotopic (exact) mass is 450 g/mol. The third-order valence-electron chi connectivity index (χ3n) is 4.07. The van der Waals surface area contributed by atoms with Gasteiger partial charge >= 0.3 is 0 Å². The van der Waals surface area contributed by atoms with Gasteiger partial charge in [0.2, 0.25) is 5.91 Å². The maximum absolute atomic E-state index is 14.1. The number of nitrogens with zero attached hydrogens (tertiary/aromatic N) is 1. The molecular weight excluding hydrogens is 427 g/mol. The summed E-state index contributed by atoms with van der Waals surface area (Å²) in [6.07, 6.45) is 0. The molecule has 1 atom stereocenters. The SMILES string of the molecule is CC(C)NC(=O)C(C)N(Cc1ccccc1F)C(=O)COc1ccc(Br)cc1. The van der Waals surface area contributed by atoms with Gasteiger partial charge in [0.05, 0.1) is 0 Å². The van der Waals surface area contributed by atoms with Crippen molar-refractivity contribution < 1.29 is 18.7 Å². The highest BCUT2D eigenvalue weighted by molar-refractivity contribution is 9.10. The quantitative estimate of drug-likeness (QED) is 0.662. The molecule has 0 fully saturated rings. The Balaban J connectivity index is 2.15. The van der Waals surface area contributed by atoms with Crippen LogP contribution in [-0.2, 0) is 16.1 Å². The van der Waals surface area contributed by atoms with Gasteiger partial charge in [-0.3, -0.25) is 9.59 Å². The number of hydrogen-bond donors (Lipinski definition) is 1. The fourth-order valence-electron chi connectivity index (χ4n) is 2.56. The minimum Gasteiger partial charge on any atom is -0.484 e. The normalized spacial score (nSPS) is 11.8. The van der Waals surface area contributed by atoms with Crippen molar-refractivity contribution in [2.24, 2.45) is 0 Å². The van der Waals surface area contributed by atoms with Gasteiger partial charge in [0.25, 0.3) is 5.91 Å². The lowest BCUT2D eigenvalue weighted by atomic mass is 10.1. The number of halogens is 2. The number of amides is 2. The predicted octanol–water partition coefficient (Wildman–Crippen LogP) is 3.91. The van der Waals surface area contributed by atoms with Gasteiger partial charge < -0.3 is 15.0 Å². The summed E-state index contributed by atoms with van der Waals surface area (Å²) >= 11 is 3.34. The van der Waals surface area contributed by atoms with Gasteiger partial charge in [-0.15, -0.1) is 0 Å². The number of carbonyl (C=O) groups is 2. The van der Waals surface area contributed by atoms with E-state index in [1.807, 2.05) is 13.8 Å². The van der Waals surface area contributed by atoms with Gasteiger partial charge in [0.1, 0.15) is 17.6 Å². The van der Waals surface area contributed by atoms with E-state index >= 15 is 0 Å². The Bertz CT molecular complexity index is 812. The van der Waals surface area contributed by atoms with E-state index in [1.165, 1.54) is 11.0 Å². The fraction of sp³-hybridized carbons (Fsp3) is 0.333. The molecule has 28 heavy (non-hydrogen) atoms. The number of nitrogens with one attached hydrogen (secondary N) is 1. The molecule has 0 heterocycles. The molecule has 5 nitrogen and oxygen atoms in total. The van der Waals surface area contributed by atoms with Gasteiger partial charge in [-0.2, -0.15) is 0 Å². The summed E-state index contributed by atoms with van der Waals surface area (Å²) in [5.41, 5.74) is 0.337. The minimum absolute atomic E-state index is 0.0259. The first-order chi connectivity index (χ1) is 13.3. The molecule has 0 aromatic heterocycles. The van der Waals surface area contributed by atoms with Crippen molar-refractivity contribution in [3.8, 4) is 5.75 Å². The van der Waals surface area contributed by atoms with Gasteiger partial charge in [0.15, 0.2) is 6.61 Å². The molecule has 2 aromatic rings. The highest BCUT2D eigenvalue weighted by Gasteiger charge is 2.27. The Hall–Kier alpha value is -2.41. The summed E-state index contributed by atoms with van der Waals surface area (Å²) in [4.78, 5) is 26.6. The summed E-state index contributed by atoms with van der Waals surface area (Å²) in [5.74, 6) is -0.604. The zero-order chi connectivity index (χ0) is 20.7. The van der Waals surface area contributed by atoms with E-state index in [9.17, 15) is 14.0 Å². The molecular formula is C21H24BrFN2O3. The molecule has 0 aliphatic rings. The second-order valence-corrected chi connectivity index (χ2v) is 7.61. The van der Waals surface area contributed by atoms with Crippen molar-refractivity contribution in [3.05, 3.63) is 64.4 Å². The molecule has 0 spiro atoms. The molecule has 1 unspecified atom stereocenters. The van der Waals surface area contributed by atoms with E-state index in [-0.39, 0.29) is 25.1 Å². The minimum atomic E-state index is -0.775. The molecule has 7 heteroatoms. The highest BCUT2D eigenvalue weighted by atomic mass is 79.9. The van der Waals surface area contributed by atoms with Gasteiger partial charge in [-0.05, 0) is 51.1 Å². The van der Waals surface area contributed by atoms with Crippen LogP contribution in [0.2, 0.25) is 0 Å². The van der Waals surface area contributed by atoms with Crippen molar-refractivity contribution in [2.75, 3.05) is 6.61 Å². The molecule has 150 valence electrons. The molecule has 0 aliphatic heterocycles. The van der Waals surface area contributed by atoms with Crippen LogP contribution in [0.3, 0.4) is 0 Å². The van der Waals surface area contributed by atoms with Crippen LogP contribution in [0.4, 0.5) is 4.39 Å². The molecule has 2 amide bonds. The molecule has 0 saturated heterocycles. The van der Waals surface area contributed by atoms with Gasteiger partial charge in [-0.1, -0.05) is 34.1 Å². The Morgan fingerprint density at radius 2 is 1.75 bits per heavy atom. The van der Waals surface area contributed by atoms with E-state index in [1.54, 1.807) is 49.4 Å². The second-order valence-electron chi connectivity index (χ2n) is 6.69. The first-order valence-corrected chi connectivity index (χ1v) is 9.79. The average Bonchev–Trinajstić information content (AvgIpc) is 2.65. The summed E-state index contributed by atoms with van der Waals surface area (Å²) in [5, 5.41) is 2.79. The highest BCUT2D eigenvalue weighted by Crippen LogP contribution is 2.17. The van der Waals surface area contributed by atoms with Crippen molar-refractivity contribution in [1.82, 2.24) is 10.2 Å². The smallest absolute Gasteiger partial charge is 0.261 e. The topological polar surface area (TPSA) is 58.6 Å². The van der Waals surface area contributed by atoms with Crippen molar-refractivity contribution in [1.29, 1.82) is 0 Å². The van der Waals surface area contributed by atoms with Crippen molar-refractivity contribution >= 4 is 27.7 Å². The van der Waals surface area contributed by atoms with Crippen LogP contribution < -0.4 is 10.1 Å². The number of carbonyl (C=O) groups excluding carboxylic acids is 2. The standard InChI is InChI=1S/C21H24BrFN2O3/c1-14(2)24-21(27)15(3)25(12-16-6-4-5-7-19(16)23)20(26)13-28-18-10-8-17(22)9-11-18/h4-11,14-15H,12-13H2,1-3H3,(H,24,27). The van der Waals surface area contributed by atoms with Crippen LogP contribution in [0, 0.1) is 5.82 Å². The molecule has 0 radical (unpaired) electrons. The van der Waals surface area contributed by atoms with Crippen LogP contribution in [0.1, 0.15) is 26.3 Å². The summed E-state index contributed by atoms with van der Waals surface area (Å²) in [6, 6.07) is 12.4. The van der Waals surface area contributed by atoms with Gasteiger partial charge in [0, 0.05) is 22.6 Å². The number of hydrogen-bond acceptors (Lipinski definition) is 3. The van der Waals surface area contributed by atoms with E-state index in [4.69, 9.17) is 4.74 Å². The average molecular weight is 451 g/mol. The lowest BCUT2D eigenvalue weighted by Crippen LogP contribution is -2.50. The van der Waals surface area contributed by atoms with E-state index in [2.05, 4.69) is 21.2 Å². The number of rotatable bonds is 8. The summed E-state index contributed by atoms with van der Waals surface area (Å²) in [7, 11) is 0. The van der Waals surface area contributed by atoms with Crippen molar-refractivity contribution in [3.63, 3.8) is 0 Å². The van der Waals surface area contributed by atoms with Crippen LogP contribution in [0.5, 0.6) is 5.75 Å². The zero-order valence-corrected chi connectivity index (χ0v) is 17.7. The van der Waals surface area contributed by atoms with Crippen LogP contribution in [0.15, 0.2) is 53.0 Å². The number of ether oxygens (including phenoxy) is 1. The fourth-order valence-corrected chi connectivity index (χ4v) is 2.82. The Morgan fingerprint density at radius 3 is 2.36 bits per heavy atom. The molecule has 0 saturated carbocycles. The van der Waals surface area contributed by atoms with E-state index in [0.29, 0.717) is 11.3 Å². The van der Waals surface area contributed by atoms with Gasteiger partial charge in [-0.25, -0.2) is 4.39 Å². The van der Waals surface area contributed by atoms with E-state index in [0.717, 1.165) is 4.47 Å². The molecule has 2 aromatic carbocycles. The largest absolute Gasteiger partial charge is 0.484 e. The lowest BCUT2D eigenvalue weighted by molar-refractivity contribution is -0.142. The third-order valence-corrected chi connectivity index (χ3v) is 4.60. The second kappa shape index (κ2) is 10.2. The molecule has 0 aliphatic carbocycles. The van der Waals surface area contributed by atoms with E-state index < -0.39 is 17.8 Å². The summed E-state index contributed by atoms with van der Waals surface area (Å²) in [6.45, 7) is 5.02. The first-order valence-electron chi connectivity index (χ1n) is 8.99. The van der Waals surface area contributed by atoms with Crippen LogP contribution >= 0.6 is 15.9 Å². The summed E-state index contributed by atoms with van der Waals surface area (Å²) < 4.78 is 20.5. The zero-order valence-electron chi connectivity index (χ0n) is 16.1. The molecule has 0 bridgehead atoms. The molecule has 1 N–H and O–H groups in total. The Morgan fingerprint density at radius 1 is 1.11 bits per heavy atom. The third kappa shape index (κ3) is 6.34. The molecule has 2 rings (SSSR count). The lowest BCUT2D eigenvalue weighted by Gasteiger charge is -2.29.